The van der Waals surface area contributed by atoms with E-state index in [9.17, 15) is 0 Å². The van der Waals surface area contributed by atoms with Crippen LogP contribution in [0.3, 0.4) is 0 Å². The number of rotatable bonds is 2. The Bertz CT molecular complexity index is 471. The van der Waals surface area contributed by atoms with Crippen molar-refractivity contribution in [3.63, 3.8) is 0 Å². The minimum atomic E-state index is 0.709. The fourth-order valence-corrected chi connectivity index (χ4v) is 1.61. The standard InChI is InChI=1S/C12H15N3/c1-9-3-4-10(2)11(5-9)7-15-8-12(13)6-14-15/h3-6,8H,7,13H2,1-2H3. The molecule has 0 saturated carbocycles. The first-order valence-corrected chi connectivity index (χ1v) is 4.99. The highest BCUT2D eigenvalue weighted by atomic mass is 15.3. The van der Waals surface area contributed by atoms with E-state index >= 15 is 0 Å². The second kappa shape index (κ2) is 3.77. The lowest BCUT2D eigenvalue weighted by Gasteiger charge is -2.06. The quantitative estimate of drug-likeness (QED) is 0.808. The summed E-state index contributed by atoms with van der Waals surface area (Å²) >= 11 is 0. The molecule has 0 aliphatic rings. The van der Waals surface area contributed by atoms with E-state index in [-0.39, 0.29) is 0 Å². The number of aromatic nitrogens is 2. The zero-order valence-electron chi connectivity index (χ0n) is 9.07. The van der Waals surface area contributed by atoms with E-state index in [1.165, 1.54) is 16.7 Å². The largest absolute Gasteiger partial charge is 0.396 e. The molecule has 78 valence electrons. The van der Waals surface area contributed by atoms with Crippen LogP contribution in [0, 0.1) is 13.8 Å². The molecule has 1 heterocycles. The average Bonchev–Trinajstić information content (AvgIpc) is 2.58. The van der Waals surface area contributed by atoms with Gasteiger partial charge in [0.2, 0.25) is 0 Å². The molecule has 3 heteroatoms. The highest BCUT2D eigenvalue weighted by Crippen LogP contribution is 2.12. The molecular formula is C12H15N3. The van der Waals surface area contributed by atoms with Crippen molar-refractivity contribution in [1.82, 2.24) is 9.78 Å². The molecule has 0 atom stereocenters. The van der Waals surface area contributed by atoms with Crippen LogP contribution in [-0.2, 0) is 6.54 Å². The number of benzene rings is 1. The molecule has 2 rings (SSSR count). The van der Waals surface area contributed by atoms with Crippen LogP contribution in [0.2, 0.25) is 0 Å². The molecule has 1 aromatic carbocycles. The summed E-state index contributed by atoms with van der Waals surface area (Å²) in [6.07, 6.45) is 3.52. The molecule has 0 aliphatic carbocycles. The van der Waals surface area contributed by atoms with Gasteiger partial charge >= 0.3 is 0 Å². The molecule has 1 aromatic heterocycles. The number of anilines is 1. The lowest BCUT2D eigenvalue weighted by molar-refractivity contribution is 0.684. The van der Waals surface area contributed by atoms with Gasteiger partial charge in [0, 0.05) is 6.20 Å². The molecule has 0 bridgehead atoms. The second-order valence-electron chi connectivity index (χ2n) is 3.90. The third-order valence-corrected chi connectivity index (χ3v) is 2.49. The normalized spacial score (nSPS) is 10.5. The van der Waals surface area contributed by atoms with Crippen molar-refractivity contribution in [2.24, 2.45) is 0 Å². The Morgan fingerprint density at radius 3 is 2.80 bits per heavy atom. The summed E-state index contributed by atoms with van der Waals surface area (Å²) in [5, 5.41) is 4.17. The molecule has 3 nitrogen and oxygen atoms in total. The molecule has 0 fully saturated rings. The van der Waals surface area contributed by atoms with Crippen LogP contribution in [0.1, 0.15) is 16.7 Å². The summed E-state index contributed by atoms with van der Waals surface area (Å²) in [5.74, 6) is 0. The van der Waals surface area contributed by atoms with Gasteiger partial charge in [0.25, 0.3) is 0 Å². The van der Waals surface area contributed by atoms with E-state index in [0.29, 0.717) is 5.69 Å². The molecule has 2 aromatic rings. The summed E-state index contributed by atoms with van der Waals surface area (Å²) in [4.78, 5) is 0. The lowest BCUT2D eigenvalue weighted by atomic mass is 10.1. The highest BCUT2D eigenvalue weighted by molar-refractivity contribution is 5.33. The Morgan fingerprint density at radius 1 is 1.33 bits per heavy atom. The van der Waals surface area contributed by atoms with Crippen molar-refractivity contribution in [2.75, 3.05) is 5.73 Å². The first kappa shape index (κ1) is 9.77. The van der Waals surface area contributed by atoms with Gasteiger partial charge in [-0.15, -0.1) is 0 Å². The van der Waals surface area contributed by atoms with E-state index in [4.69, 9.17) is 5.73 Å². The maximum Gasteiger partial charge on any atom is 0.0719 e. The van der Waals surface area contributed by atoms with E-state index < -0.39 is 0 Å². The van der Waals surface area contributed by atoms with Crippen molar-refractivity contribution in [3.8, 4) is 0 Å². The zero-order valence-corrected chi connectivity index (χ0v) is 9.07. The van der Waals surface area contributed by atoms with Crippen LogP contribution >= 0.6 is 0 Å². The fraction of sp³-hybridized carbons (Fsp3) is 0.250. The third-order valence-electron chi connectivity index (χ3n) is 2.49. The Hall–Kier alpha value is -1.77. The van der Waals surface area contributed by atoms with Crippen molar-refractivity contribution < 1.29 is 0 Å². The third kappa shape index (κ3) is 2.18. The summed E-state index contributed by atoms with van der Waals surface area (Å²) in [6, 6.07) is 6.45. The van der Waals surface area contributed by atoms with Gasteiger partial charge < -0.3 is 5.73 Å². The van der Waals surface area contributed by atoms with Gasteiger partial charge in [-0.05, 0) is 25.0 Å². The Labute approximate surface area is 89.5 Å². The van der Waals surface area contributed by atoms with E-state index in [1.54, 1.807) is 6.20 Å². The molecule has 0 radical (unpaired) electrons. The number of nitrogen functional groups attached to an aromatic ring is 1. The number of nitrogens with zero attached hydrogens (tertiary/aromatic N) is 2. The minimum Gasteiger partial charge on any atom is -0.396 e. The van der Waals surface area contributed by atoms with Gasteiger partial charge in [0.05, 0.1) is 18.4 Å². The number of nitrogens with two attached hydrogens (primary N) is 1. The molecular weight excluding hydrogens is 186 g/mol. The van der Waals surface area contributed by atoms with Crippen LogP contribution in [0.4, 0.5) is 5.69 Å². The fourth-order valence-electron chi connectivity index (χ4n) is 1.61. The Morgan fingerprint density at radius 2 is 2.13 bits per heavy atom. The van der Waals surface area contributed by atoms with Crippen LogP contribution in [-0.4, -0.2) is 9.78 Å². The molecule has 0 saturated heterocycles. The molecule has 0 spiro atoms. The summed E-state index contributed by atoms with van der Waals surface area (Å²) < 4.78 is 1.86. The molecule has 15 heavy (non-hydrogen) atoms. The van der Waals surface area contributed by atoms with Gasteiger partial charge in [0.1, 0.15) is 0 Å². The summed E-state index contributed by atoms with van der Waals surface area (Å²) in [6.45, 7) is 4.99. The van der Waals surface area contributed by atoms with Gasteiger partial charge in [-0.1, -0.05) is 23.8 Å². The first-order valence-electron chi connectivity index (χ1n) is 4.99. The minimum absolute atomic E-state index is 0.709. The molecule has 2 N–H and O–H groups in total. The summed E-state index contributed by atoms with van der Waals surface area (Å²) in [5.41, 5.74) is 10.2. The van der Waals surface area contributed by atoms with Crippen molar-refractivity contribution in [3.05, 3.63) is 47.3 Å². The van der Waals surface area contributed by atoms with Crippen molar-refractivity contribution >= 4 is 5.69 Å². The van der Waals surface area contributed by atoms with E-state index in [0.717, 1.165) is 6.54 Å². The van der Waals surface area contributed by atoms with Gasteiger partial charge in [-0.2, -0.15) is 5.10 Å². The molecule has 0 aliphatic heterocycles. The predicted molar refractivity (Wildman–Crippen MR) is 61.7 cm³/mol. The van der Waals surface area contributed by atoms with E-state index in [1.807, 2.05) is 10.9 Å². The van der Waals surface area contributed by atoms with Gasteiger partial charge in [-0.3, -0.25) is 4.68 Å². The van der Waals surface area contributed by atoms with Gasteiger partial charge in [-0.25, -0.2) is 0 Å². The van der Waals surface area contributed by atoms with Crippen LogP contribution < -0.4 is 5.73 Å². The van der Waals surface area contributed by atoms with Crippen LogP contribution in [0.25, 0.3) is 0 Å². The lowest BCUT2D eigenvalue weighted by Crippen LogP contribution is -2.02. The average molecular weight is 201 g/mol. The SMILES string of the molecule is Cc1ccc(C)c(Cn2cc(N)cn2)c1. The molecule has 0 amide bonds. The van der Waals surface area contributed by atoms with Gasteiger partial charge in [0.15, 0.2) is 0 Å². The van der Waals surface area contributed by atoms with Crippen LogP contribution in [0.15, 0.2) is 30.6 Å². The van der Waals surface area contributed by atoms with Crippen LogP contribution in [0.5, 0.6) is 0 Å². The maximum absolute atomic E-state index is 5.62. The van der Waals surface area contributed by atoms with Crippen molar-refractivity contribution in [2.45, 2.75) is 20.4 Å². The Kier molecular flexibility index (Phi) is 2.46. The first-order chi connectivity index (χ1) is 7.15. The Balaban J connectivity index is 2.27. The number of hydrogen-bond acceptors (Lipinski definition) is 2. The maximum atomic E-state index is 5.62. The predicted octanol–water partition coefficient (Wildman–Crippen LogP) is 2.13. The summed E-state index contributed by atoms with van der Waals surface area (Å²) in [7, 11) is 0. The molecule has 0 unspecified atom stereocenters. The second-order valence-corrected chi connectivity index (χ2v) is 3.90. The topological polar surface area (TPSA) is 43.8 Å². The monoisotopic (exact) mass is 201 g/mol. The van der Waals surface area contributed by atoms with E-state index in [2.05, 4.69) is 37.1 Å². The smallest absolute Gasteiger partial charge is 0.0719 e. The number of hydrogen-bond donors (Lipinski definition) is 1. The zero-order chi connectivity index (χ0) is 10.8. The van der Waals surface area contributed by atoms with Crippen molar-refractivity contribution in [1.29, 1.82) is 0 Å². The highest BCUT2D eigenvalue weighted by Gasteiger charge is 2.01. The number of aryl methyl sites for hydroxylation is 2.